The summed E-state index contributed by atoms with van der Waals surface area (Å²) in [7, 11) is 0. The first kappa shape index (κ1) is 15.2. The maximum Gasteiger partial charge on any atom is 0.254 e. The summed E-state index contributed by atoms with van der Waals surface area (Å²) in [6.07, 6.45) is 0.453. The first-order chi connectivity index (χ1) is 10.1. The zero-order valence-corrected chi connectivity index (χ0v) is 11.9. The lowest BCUT2D eigenvalue weighted by Gasteiger charge is -2.08. The normalized spacial score (nSPS) is 10.4. The van der Waals surface area contributed by atoms with Crippen LogP contribution >= 0.6 is 0 Å². The Labute approximate surface area is 123 Å². The van der Waals surface area contributed by atoms with Gasteiger partial charge in [-0.3, -0.25) is 4.79 Å². The van der Waals surface area contributed by atoms with Crippen molar-refractivity contribution in [3.05, 3.63) is 59.4 Å². The standard InChI is InChI=1S/C17H18FNO2/c1-12-3-5-13(6-4-12)14-7-8-15(16(18)11-14)17(21)19-9-2-10-20/h3-8,11,20H,2,9-10H2,1H3,(H,19,21). The maximum atomic E-state index is 14.1. The number of aliphatic hydroxyl groups is 1. The Balaban J connectivity index is 2.17. The van der Waals surface area contributed by atoms with Gasteiger partial charge in [-0.2, -0.15) is 0 Å². The minimum absolute atomic E-state index is 0.00484. The molecule has 4 heteroatoms. The van der Waals surface area contributed by atoms with E-state index in [-0.39, 0.29) is 12.2 Å². The molecule has 2 aromatic carbocycles. The van der Waals surface area contributed by atoms with Crippen LogP contribution in [0.1, 0.15) is 22.3 Å². The van der Waals surface area contributed by atoms with Gasteiger partial charge in [0.25, 0.3) is 5.91 Å². The molecule has 0 fully saturated rings. The van der Waals surface area contributed by atoms with E-state index in [4.69, 9.17) is 5.11 Å². The van der Waals surface area contributed by atoms with Crippen LogP contribution in [0.15, 0.2) is 42.5 Å². The number of benzene rings is 2. The SMILES string of the molecule is Cc1ccc(-c2ccc(C(=O)NCCCO)c(F)c2)cc1. The minimum atomic E-state index is -0.547. The van der Waals surface area contributed by atoms with E-state index in [0.29, 0.717) is 13.0 Å². The molecule has 0 aliphatic carbocycles. The molecule has 0 saturated carbocycles. The number of carbonyl (C=O) groups excluding carboxylic acids is 1. The fourth-order valence-electron chi connectivity index (χ4n) is 2.00. The Morgan fingerprint density at radius 2 is 1.81 bits per heavy atom. The molecule has 0 aliphatic rings. The topological polar surface area (TPSA) is 49.3 Å². The number of aliphatic hydroxyl groups excluding tert-OH is 1. The lowest BCUT2D eigenvalue weighted by Crippen LogP contribution is -2.25. The smallest absolute Gasteiger partial charge is 0.254 e. The van der Waals surface area contributed by atoms with Crippen LogP contribution in [-0.2, 0) is 0 Å². The highest BCUT2D eigenvalue weighted by Crippen LogP contribution is 2.22. The predicted octanol–water partition coefficient (Wildman–Crippen LogP) is 2.91. The molecule has 3 nitrogen and oxygen atoms in total. The molecule has 0 saturated heterocycles. The van der Waals surface area contributed by atoms with Crippen molar-refractivity contribution in [3.8, 4) is 11.1 Å². The summed E-state index contributed by atoms with van der Waals surface area (Å²) in [5.74, 6) is -1.01. The van der Waals surface area contributed by atoms with Crippen molar-refractivity contribution >= 4 is 5.91 Å². The molecule has 2 N–H and O–H groups in total. The van der Waals surface area contributed by atoms with Crippen LogP contribution in [0, 0.1) is 12.7 Å². The molecular weight excluding hydrogens is 269 g/mol. The Kier molecular flexibility index (Phi) is 5.06. The third-order valence-electron chi connectivity index (χ3n) is 3.22. The summed E-state index contributed by atoms with van der Waals surface area (Å²) in [5.41, 5.74) is 2.80. The first-order valence-electron chi connectivity index (χ1n) is 6.87. The predicted molar refractivity (Wildman–Crippen MR) is 80.6 cm³/mol. The van der Waals surface area contributed by atoms with Crippen molar-refractivity contribution in [2.24, 2.45) is 0 Å². The summed E-state index contributed by atoms with van der Waals surface area (Å²) < 4.78 is 14.1. The third kappa shape index (κ3) is 3.89. The van der Waals surface area contributed by atoms with Crippen LogP contribution in [0.2, 0.25) is 0 Å². The number of nitrogens with one attached hydrogen (secondary N) is 1. The second-order valence-electron chi connectivity index (χ2n) is 4.89. The van der Waals surface area contributed by atoms with Crippen LogP contribution in [0.5, 0.6) is 0 Å². The quantitative estimate of drug-likeness (QED) is 0.831. The zero-order chi connectivity index (χ0) is 15.2. The van der Waals surface area contributed by atoms with E-state index in [1.54, 1.807) is 6.07 Å². The molecule has 0 atom stereocenters. The molecule has 0 aliphatic heterocycles. The second-order valence-corrected chi connectivity index (χ2v) is 4.89. The lowest BCUT2D eigenvalue weighted by molar-refractivity contribution is 0.0947. The van der Waals surface area contributed by atoms with Gasteiger partial charge in [0.2, 0.25) is 0 Å². The molecule has 0 aromatic heterocycles. The number of rotatable bonds is 5. The van der Waals surface area contributed by atoms with E-state index in [1.807, 2.05) is 31.2 Å². The molecule has 110 valence electrons. The van der Waals surface area contributed by atoms with Crippen molar-refractivity contribution in [3.63, 3.8) is 0 Å². The minimum Gasteiger partial charge on any atom is -0.396 e. The molecule has 0 spiro atoms. The maximum absolute atomic E-state index is 14.1. The van der Waals surface area contributed by atoms with Gasteiger partial charge in [-0.1, -0.05) is 35.9 Å². The van der Waals surface area contributed by atoms with Crippen LogP contribution in [0.25, 0.3) is 11.1 Å². The van der Waals surface area contributed by atoms with Gasteiger partial charge in [0.15, 0.2) is 0 Å². The molecule has 0 heterocycles. The molecule has 0 unspecified atom stereocenters. The molecule has 2 aromatic rings. The van der Waals surface area contributed by atoms with Gasteiger partial charge < -0.3 is 10.4 Å². The van der Waals surface area contributed by atoms with Gasteiger partial charge in [0.05, 0.1) is 5.56 Å². The van der Waals surface area contributed by atoms with Crippen LogP contribution in [0.3, 0.4) is 0 Å². The van der Waals surface area contributed by atoms with Crippen molar-refractivity contribution in [1.29, 1.82) is 0 Å². The van der Waals surface area contributed by atoms with E-state index < -0.39 is 11.7 Å². The number of hydrogen-bond donors (Lipinski definition) is 2. The highest BCUT2D eigenvalue weighted by molar-refractivity contribution is 5.95. The van der Waals surface area contributed by atoms with E-state index in [2.05, 4.69) is 5.32 Å². The number of carbonyl (C=O) groups is 1. The Hall–Kier alpha value is -2.20. The largest absolute Gasteiger partial charge is 0.396 e. The summed E-state index contributed by atoms with van der Waals surface area (Å²) in [5, 5.41) is 11.2. The van der Waals surface area contributed by atoms with Gasteiger partial charge in [-0.15, -0.1) is 0 Å². The van der Waals surface area contributed by atoms with E-state index in [9.17, 15) is 9.18 Å². The van der Waals surface area contributed by atoms with Gasteiger partial charge in [0.1, 0.15) is 5.82 Å². The fourth-order valence-corrected chi connectivity index (χ4v) is 2.00. The zero-order valence-electron chi connectivity index (χ0n) is 11.9. The van der Waals surface area contributed by atoms with Crippen molar-refractivity contribution < 1.29 is 14.3 Å². The van der Waals surface area contributed by atoms with E-state index in [1.165, 1.54) is 12.1 Å². The van der Waals surface area contributed by atoms with Crippen molar-refractivity contribution in [2.45, 2.75) is 13.3 Å². The molecular formula is C17H18FNO2. The molecule has 1 amide bonds. The van der Waals surface area contributed by atoms with Crippen LogP contribution < -0.4 is 5.32 Å². The summed E-state index contributed by atoms with van der Waals surface area (Å²) in [6, 6.07) is 12.3. The van der Waals surface area contributed by atoms with E-state index in [0.717, 1.165) is 16.7 Å². The Bertz CT molecular complexity index is 623. The molecule has 2 rings (SSSR count). The number of aryl methyl sites for hydroxylation is 1. The Morgan fingerprint density at radius 1 is 1.14 bits per heavy atom. The van der Waals surface area contributed by atoms with Gasteiger partial charge in [-0.05, 0) is 36.6 Å². The summed E-state index contributed by atoms with van der Waals surface area (Å²) in [4.78, 5) is 11.8. The highest BCUT2D eigenvalue weighted by Gasteiger charge is 2.12. The average molecular weight is 287 g/mol. The highest BCUT2D eigenvalue weighted by atomic mass is 19.1. The molecule has 21 heavy (non-hydrogen) atoms. The van der Waals surface area contributed by atoms with E-state index >= 15 is 0 Å². The third-order valence-corrected chi connectivity index (χ3v) is 3.22. The van der Waals surface area contributed by atoms with Crippen molar-refractivity contribution in [2.75, 3.05) is 13.2 Å². The van der Waals surface area contributed by atoms with Gasteiger partial charge in [-0.25, -0.2) is 4.39 Å². The van der Waals surface area contributed by atoms with Crippen LogP contribution in [-0.4, -0.2) is 24.2 Å². The van der Waals surface area contributed by atoms with Gasteiger partial charge in [0, 0.05) is 13.2 Å². The number of halogens is 1. The summed E-state index contributed by atoms with van der Waals surface area (Å²) in [6.45, 7) is 2.31. The Morgan fingerprint density at radius 3 is 2.43 bits per heavy atom. The summed E-state index contributed by atoms with van der Waals surface area (Å²) >= 11 is 0. The number of hydrogen-bond acceptors (Lipinski definition) is 2. The monoisotopic (exact) mass is 287 g/mol. The number of amides is 1. The average Bonchev–Trinajstić information content (AvgIpc) is 2.48. The van der Waals surface area contributed by atoms with Crippen molar-refractivity contribution in [1.82, 2.24) is 5.32 Å². The molecule has 0 radical (unpaired) electrons. The second kappa shape index (κ2) is 6.99. The molecule has 0 bridgehead atoms. The fraction of sp³-hybridized carbons (Fsp3) is 0.235. The first-order valence-corrected chi connectivity index (χ1v) is 6.87. The lowest BCUT2D eigenvalue weighted by atomic mass is 10.0. The van der Waals surface area contributed by atoms with Gasteiger partial charge >= 0.3 is 0 Å². The van der Waals surface area contributed by atoms with Crippen LogP contribution in [0.4, 0.5) is 4.39 Å².